The predicted molar refractivity (Wildman–Crippen MR) is 81.0 cm³/mol. The zero-order valence-corrected chi connectivity index (χ0v) is 11.8. The van der Waals surface area contributed by atoms with Crippen molar-refractivity contribution in [3.63, 3.8) is 0 Å². The minimum Gasteiger partial charge on any atom is -0.387 e. The highest BCUT2D eigenvalue weighted by molar-refractivity contribution is 5.99. The first kappa shape index (κ1) is 14.1. The molecule has 20 heavy (non-hydrogen) atoms. The number of amides is 1. The summed E-state index contributed by atoms with van der Waals surface area (Å²) in [5, 5.41) is 6.00. The molecule has 0 radical (unpaired) electrons. The maximum atomic E-state index is 12.2. The molecule has 2 rings (SSSR count). The Hall–Kier alpha value is -2.36. The van der Waals surface area contributed by atoms with E-state index >= 15 is 0 Å². The number of hydrogen-bond donors (Lipinski definition) is 2. The number of nitrogens with zero attached hydrogens (tertiary/aromatic N) is 1. The minimum absolute atomic E-state index is 0.0524. The molecular formula is C16H19N3O. The van der Waals surface area contributed by atoms with Crippen molar-refractivity contribution in [3.05, 3.63) is 59.4 Å². The van der Waals surface area contributed by atoms with Crippen LogP contribution in [0.3, 0.4) is 0 Å². The van der Waals surface area contributed by atoms with Gasteiger partial charge in [0.15, 0.2) is 0 Å². The Morgan fingerprint density at radius 2 is 1.95 bits per heavy atom. The van der Waals surface area contributed by atoms with Crippen LogP contribution in [0.1, 0.15) is 21.5 Å². The van der Waals surface area contributed by atoms with Crippen molar-refractivity contribution in [2.24, 2.45) is 0 Å². The van der Waals surface area contributed by atoms with E-state index in [0.29, 0.717) is 12.1 Å². The van der Waals surface area contributed by atoms with E-state index in [1.807, 2.05) is 44.3 Å². The highest BCUT2D eigenvalue weighted by Gasteiger charge is 2.10. The molecule has 0 aliphatic rings. The van der Waals surface area contributed by atoms with E-state index in [2.05, 4.69) is 15.6 Å². The van der Waals surface area contributed by atoms with Crippen LogP contribution in [-0.4, -0.2) is 24.5 Å². The number of aryl methyl sites for hydroxylation is 1. The van der Waals surface area contributed by atoms with Gasteiger partial charge in [-0.15, -0.1) is 0 Å². The van der Waals surface area contributed by atoms with Crippen molar-refractivity contribution in [3.8, 4) is 0 Å². The molecule has 0 saturated heterocycles. The molecule has 0 unspecified atom stereocenters. The molecule has 1 amide bonds. The van der Waals surface area contributed by atoms with Gasteiger partial charge in [0, 0.05) is 31.7 Å². The van der Waals surface area contributed by atoms with E-state index in [1.165, 1.54) is 0 Å². The molecule has 0 aliphatic heterocycles. The van der Waals surface area contributed by atoms with Gasteiger partial charge in [0.1, 0.15) is 0 Å². The number of pyridine rings is 1. The van der Waals surface area contributed by atoms with Crippen LogP contribution in [0.25, 0.3) is 0 Å². The molecule has 104 valence electrons. The Balaban J connectivity index is 1.95. The number of aromatic nitrogens is 1. The number of hydrogen-bond acceptors (Lipinski definition) is 3. The van der Waals surface area contributed by atoms with Crippen molar-refractivity contribution < 1.29 is 4.79 Å². The van der Waals surface area contributed by atoms with Gasteiger partial charge < -0.3 is 10.6 Å². The van der Waals surface area contributed by atoms with E-state index < -0.39 is 0 Å². The summed E-state index contributed by atoms with van der Waals surface area (Å²) in [5.74, 6) is -0.0524. The quantitative estimate of drug-likeness (QED) is 0.876. The Kier molecular flexibility index (Phi) is 4.71. The lowest BCUT2D eigenvalue weighted by atomic mass is 10.1. The second-order valence-corrected chi connectivity index (χ2v) is 4.66. The molecule has 1 heterocycles. The van der Waals surface area contributed by atoms with Crippen molar-refractivity contribution in [2.45, 2.75) is 13.3 Å². The van der Waals surface area contributed by atoms with Gasteiger partial charge in [-0.2, -0.15) is 0 Å². The SMILES string of the molecule is CNc1cc(C)ccc1C(=O)NCCc1ccncc1. The zero-order chi connectivity index (χ0) is 14.4. The van der Waals surface area contributed by atoms with Crippen molar-refractivity contribution in [2.75, 3.05) is 18.9 Å². The first-order valence-electron chi connectivity index (χ1n) is 6.66. The van der Waals surface area contributed by atoms with Gasteiger partial charge >= 0.3 is 0 Å². The summed E-state index contributed by atoms with van der Waals surface area (Å²) in [4.78, 5) is 16.1. The van der Waals surface area contributed by atoms with Gasteiger partial charge in [-0.1, -0.05) is 6.07 Å². The fourth-order valence-electron chi connectivity index (χ4n) is 2.03. The normalized spacial score (nSPS) is 10.1. The van der Waals surface area contributed by atoms with Crippen molar-refractivity contribution in [1.29, 1.82) is 0 Å². The van der Waals surface area contributed by atoms with Crippen LogP contribution >= 0.6 is 0 Å². The lowest BCUT2D eigenvalue weighted by Crippen LogP contribution is -2.26. The molecule has 1 aromatic heterocycles. The van der Waals surface area contributed by atoms with Gasteiger partial charge in [0.2, 0.25) is 0 Å². The lowest BCUT2D eigenvalue weighted by Gasteiger charge is -2.10. The highest BCUT2D eigenvalue weighted by Crippen LogP contribution is 2.16. The van der Waals surface area contributed by atoms with Gasteiger partial charge in [0.25, 0.3) is 5.91 Å². The molecule has 0 bridgehead atoms. The number of carbonyl (C=O) groups is 1. The van der Waals surface area contributed by atoms with Gasteiger partial charge in [0.05, 0.1) is 5.56 Å². The van der Waals surface area contributed by atoms with Crippen LogP contribution in [0.5, 0.6) is 0 Å². The molecule has 0 aliphatic carbocycles. The third-order valence-corrected chi connectivity index (χ3v) is 3.14. The highest BCUT2D eigenvalue weighted by atomic mass is 16.1. The molecule has 0 fully saturated rings. The van der Waals surface area contributed by atoms with Crippen LogP contribution in [0.4, 0.5) is 5.69 Å². The molecular weight excluding hydrogens is 250 g/mol. The Labute approximate surface area is 119 Å². The molecule has 4 heteroatoms. The third kappa shape index (κ3) is 3.57. The van der Waals surface area contributed by atoms with E-state index in [0.717, 1.165) is 23.2 Å². The number of rotatable bonds is 5. The molecule has 1 aromatic carbocycles. The summed E-state index contributed by atoms with van der Waals surface area (Å²) >= 11 is 0. The Bertz CT molecular complexity index is 582. The van der Waals surface area contributed by atoms with Crippen molar-refractivity contribution >= 4 is 11.6 Å². The Morgan fingerprint density at radius 1 is 1.20 bits per heavy atom. The molecule has 0 saturated carbocycles. The largest absolute Gasteiger partial charge is 0.387 e. The molecule has 2 N–H and O–H groups in total. The summed E-state index contributed by atoms with van der Waals surface area (Å²) in [6.45, 7) is 2.62. The van der Waals surface area contributed by atoms with E-state index in [1.54, 1.807) is 12.4 Å². The number of nitrogens with one attached hydrogen (secondary N) is 2. The van der Waals surface area contributed by atoms with Crippen LogP contribution in [-0.2, 0) is 6.42 Å². The fraction of sp³-hybridized carbons (Fsp3) is 0.250. The first-order chi connectivity index (χ1) is 9.70. The topological polar surface area (TPSA) is 54.0 Å². The smallest absolute Gasteiger partial charge is 0.253 e. The van der Waals surface area contributed by atoms with Gasteiger partial charge in [-0.05, 0) is 48.7 Å². The number of benzene rings is 1. The fourth-order valence-corrected chi connectivity index (χ4v) is 2.03. The molecule has 2 aromatic rings. The maximum Gasteiger partial charge on any atom is 0.253 e. The zero-order valence-electron chi connectivity index (χ0n) is 11.8. The second-order valence-electron chi connectivity index (χ2n) is 4.66. The van der Waals surface area contributed by atoms with E-state index in [4.69, 9.17) is 0 Å². The standard InChI is InChI=1S/C16H19N3O/c1-12-3-4-14(15(11-12)17-2)16(20)19-10-7-13-5-8-18-9-6-13/h3-6,8-9,11,17H,7,10H2,1-2H3,(H,19,20). The van der Waals surface area contributed by atoms with Crippen LogP contribution in [0.2, 0.25) is 0 Å². The molecule has 0 spiro atoms. The summed E-state index contributed by atoms with van der Waals surface area (Å²) in [6, 6.07) is 9.67. The monoisotopic (exact) mass is 269 g/mol. The van der Waals surface area contributed by atoms with Crippen LogP contribution in [0, 0.1) is 6.92 Å². The summed E-state index contributed by atoms with van der Waals surface area (Å²) in [6.07, 6.45) is 4.32. The van der Waals surface area contributed by atoms with Gasteiger partial charge in [-0.3, -0.25) is 9.78 Å². The molecule has 4 nitrogen and oxygen atoms in total. The van der Waals surface area contributed by atoms with E-state index in [9.17, 15) is 4.79 Å². The first-order valence-corrected chi connectivity index (χ1v) is 6.66. The average molecular weight is 269 g/mol. The van der Waals surface area contributed by atoms with Gasteiger partial charge in [-0.25, -0.2) is 0 Å². The second kappa shape index (κ2) is 6.70. The van der Waals surface area contributed by atoms with E-state index in [-0.39, 0.29) is 5.91 Å². The lowest BCUT2D eigenvalue weighted by molar-refractivity contribution is 0.0955. The average Bonchev–Trinajstić information content (AvgIpc) is 2.48. The van der Waals surface area contributed by atoms with Crippen molar-refractivity contribution in [1.82, 2.24) is 10.3 Å². The number of anilines is 1. The molecule has 0 atom stereocenters. The minimum atomic E-state index is -0.0524. The predicted octanol–water partition coefficient (Wildman–Crippen LogP) is 2.40. The Morgan fingerprint density at radius 3 is 2.65 bits per heavy atom. The number of carbonyl (C=O) groups excluding carboxylic acids is 1. The van der Waals surface area contributed by atoms with Crippen LogP contribution < -0.4 is 10.6 Å². The maximum absolute atomic E-state index is 12.2. The summed E-state index contributed by atoms with van der Waals surface area (Å²) in [7, 11) is 1.82. The summed E-state index contributed by atoms with van der Waals surface area (Å²) < 4.78 is 0. The third-order valence-electron chi connectivity index (χ3n) is 3.14. The van der Waals surface area contributed by atoms with Crippen LogP contribution in [0.15, 0.2) is 42.7 Å². The summed E-state index contributed by atoms with van der Waals surface area (Å²) in [5.41, 5.74) is 3.82.